The second-order valence-electron chi connectivity index (χ2n) is 2.28. The highest BCUT2D eigenvalue weighted by Crippen LogP contribution is 2.28. The molecule has 7 heteroatoms. The lowest BCUT2D eigenvalue weighted by Crippen LogP contribution is -2.27. The Bertz CT molecular complexity index is 359. The standard InChI is InChI=1S/C7H3ClF3NO2/c8-5-3-1-2-4(12-5)7(9,10)6(13)14-11/h1-3H. The molecule has 0 N–H and O–H groups in total. The largest absolute Gasteiger partial charge is 0.424 e. The van der Waals surface area contributed by atoms with E-state index in [4.69, 9.17) is 11.6 Å². The van der Waals surface area contributed by atoms with Gasteiger partial charge in [-0.25, -0.2) is 14.7 Å². The zero-order chi connectivity index (χ0) is 10.8. The first-order valence-electron chi connectivity index (χ1n) is 3.32. The summed E-state index contributed by atoms with van der Waals surface area (Å²) in [5.41, 5.74) is -0.965. The summed E-state index contributed by atoms with van der Waals surface area (Å²) in [5, 5.41) is -0.228. The Hall–Kier alpha value is -1.30. The monoisotopic (exact) mass is 225 g/mol. The zero-order valence-corrected chi connectivity index (χ0v) is 7.26. The molecule has 0 spiro atoms. The second-order valence-corrected chi connectivity index (χ2v) is 2.67. The molecule has 1 aromatic rings. The van der Waals surface area contributed by atoms with E-state index in [-0.39, 0.29) is 5.15 Å². The van der Waals surface area contributed by atoms with E-state index < -0.39 is 17.6 Å². The molecule has 1 heterocycles. The average Bonchev–Trinajstić information content (AvgIpc) is 2.16. The van der Waals surface area contributed by atoms with Crippen molar-refractivity contribution in [2.45, 2.75) is 5.92 Å². The summed E-state index contributed by atoms with van der Waals surface area (Å²) < 4.78 is 37.1. The Labute approximate surface area is 81.4 Å². The molecule has 3 nitrogen and oxygen atoms in total. The Morgan fingerprint density at radius 1 is 1.50 bits per heavy atom. The Kier molecular flexibility index (Phi) is 2.95. The summed E-state index contributed by atoms with van der Waals surface area (Å²) in [5.74, 6) is -6.47. The van der Waals surface area contributed by atoms with Crippen molar-refractivity contribution in [2.75, 3.05) is 0 Å². The quantitative estimate of drug-likeness (QED) is 0.725. The highest BCUT2D eigenvalue weighted by molar-refractivity contribution is 6.29. The smallest absolute Gasteiger partial charge is 0.247 e. The predicted molar refractivity (Wildman–Crippen MR) is 40.3 cm³/mol. The molecule has 0 atom stereocenters. The fourth-order valence-corrected chi connectivity index (χ4v) is 0.900. The molecule has 0 fully saturated rings. The van der Waals surface area contributed by atoms with E-state index in [9.17, 15) is 18.1 Å². The summed E-state index contributed by atoms with van der Waals surface area (Å²) in [6.45, 7) is 0. The van der Waals surface area contributed by atoms with Gasteiger partial charge in [-0.3, -0.25) is 0 Å². The van der Waals surface area contributed by atoms with Crippen molar-refractivity contribution >= 4 is 17.6 Å². The fourth-order valence-electron chi connectivity index (χ4n) is 0.736. The summed E-state index contributed by atoms with van der Waals surface area (Å²) in [6, 6.07) is 3.23. The molecule has 0 bridgehead atoms. The lowest BCUT2D eigenvalue weighted by Gasteiger charge is -2.10. The van der Waals surface area contributed by atoms with E-state index in [1.54, 1.807) is 0 Å². The van der Waals surface area contributed by atoms with Gasteiger partial charge in [-0.05, 0) is 12.1 Å². The maximum absolute atomic E-state index is 12.9. The van der Waals surface area contributed by atoms with Gasteiger partial charge in [-0.2, -0.15) is 8.78 Å². The number of carbonyl (C=O) groups excluding carboxylic acids is 1. The first-order valence-corrected chi connectivity index (χ1v) is 3.70. The van der Waals surface area contributed by atoms with Crippen LogP contribution in [0.1, 0.15) is 5.69 Å². The van der Waals surface area contributed by atoms with E-state index in [0.717, 1.165) is 12.1 Å². The predicted octanol–water partition coefficient (Wildman–Crippen LogP) is 2.25. The van der Waals surface area contributed by atoms with Crippen LogP contribution in [0.4, 0.5) is 13.3 Å². The molecule has 0 aliphatic carbocycles. The van der Waals surface area contributed by atoms with Gasteiger partial charge in [0.15, 0.2) is 0 Å². The van der Waals surface area contributed by atoms with Crippen LogP contribution in [0.2, 0.25) is 5.15 Å². The molecule has 14 heavy (non-hydrogen) atoms. The molecule has 0 radical (unpaired) electrons. The van der Waals surface area contributed by atoms with Gasteiger partial charge < -0.3 is 0 Å². The SMILES string of the molecule is O=C(OF)C(F)(F)c1cccc(Cl)n1. The first kappa shape index (κ1) is 10.8. The lowest BCUT2D eigenvalue weighted by molar-refractivity contribution is -0.213. The van der Waals surface area contributed by atoms with Crippen molar-refractivity contribution in [1.29, 1.82) is 0 Å². The van der Waals surface area contributed by atoms with Gasteiger partial charge >= 0.3 is 11.9 Å². The maximum Gasteiger partial charge on any atom is 0.424 e. The number of nitrogens with zero attached hydrogens (tertiary/aromatic N) is 1. The van der Waals surface area contributed by atoms with E-state index in [1.807, 2.05) is 0 Å². The summed E-state index contributed by atoms with van der Waals surface area (Å²) in [7, 11) is 0. The molecular weight excluding hydrogens is 223 g/mol. The third-order valence-electron chi connectivity index (χ3n) is 1.36. The number of rotatable bonds is 2. The van der Waals surface area contributed by atoms with E-state index >= 15 is 0 Å². The lowest BCUT2D eigenvalue weighted by atomic mass is 10.2. The minimum atomic E-state index is -4.14. The van der Waals surface area contributed by atoms with E-state index in [1.165, 1.54) is 6.07 Å². The van der Waals surface area contributed by atoms with Crippen molar-refractivity contribution in [1.82, 2.24) is 4.98 Å². The fraction of sp³-hybridized carbons (Fsp3) is 0.143. The van der Waals surface area contributed by atoms with Crippen LogP contribution >= 0.6 is 11.6 Å². The van der Waals surface area contributed by atoms with Crippen LogP contribution in [-0.2, 0) is 15.7 Å². The first-order chi connectivity index (χ1) is 6.48. The van der Waals surface area contributed by atoms with Crippen molar-refractivity contribution < 1.29 is 23.0 Å². The molecule has 76 valence electrons. The van der Waals surface area contributed by atoms with Crippen molar-refractivity contribution in [3.8, 4) is 0 Å². The van der Waals surface area contributed by atoms with Crippen LogP contribution in [0.15, 0.2) is 18.2 Å². The normalized spacial score (nSPS) is 11.1. The Morgan fingerprint density at radius 2 is 2.14 bits per heavy atom. The van der Waals surface area contributed by atoms with Crippen molar-refractivity contribution in [3.05, 3.63) is 29.0 Å². The highest BCUT2D eigenvalue weighted by atomic mass is 35.5. The molecule has 0 amide bonds. The van der Waals surface area contributed by atoms with Gasteiger partial charge in [0.1, 0.15) is 10.8 Å². The summed E-state index contributed by atoms with van der Waals surface area (Å²) >= 11 is 5.31. The topological polar surface area (TPSA) is 39.2 Å². The van der Waals surface area contributed by atoms with Gasteiger partial charge in [0.25, 0.3) is 0 Å². The van der Waals surface area contributed by atoms with Crippen LogP contribution in [0.5, 0.6) is 0 Å². The van der Waals surface area contributed by atoms with Gasteiger partial charge in [0, 0.05) is 4.53 Å². The number of hydrogen-bond acceptors (Lipinski definition) is 3. The molecule has 1 rings (SSSR count). The number of pyridine rings is 1. The van der Waals surface area contributed by atoms with Gasteiger partial charge in [-0.1, -0.05) is 17.7 Å². The number of aromatic nitrogens is 1. The minimum absolute atomic E-state index is 0.228. The summed E-state index contributed by atoms with van der Waals surface area (Å²) in [6.07, 6.45) is 0. The molecule has 0 saturated carbocycles. The molecule has 0 aliphatic heterocycles. The van der Waals surface area contributed by atoms with Crippen molar-refractivity contribution in [2.24, 2.45) is 0 Å². The second kappa shape index (κ2) is 3.83. The average molecular weight is 226 g/mol. The van der Waals surface area contributed by atoms with E-state index in [2.05, 4.69) is 9.93 Å². The van der Waals surface area contributed by atoms with Crippen LogP contribution in [-0.4, -0.2) is 11.0 Å². The molecule has 0 aromatic carbocycles. The van der Waals surface area contributed by atoms with Crippen LogP contribution in [0.3, 0.4) is 0 Å². The molecular formula is C7H3ClF3NO2. The molecule has 0 saturated heterocycles. The van der Waals surface area contributed by atoms with Gasteiger partial charge in [-0.15, -0.1) is 0 Å². The number of halogens is 4. The van der Waals surface area contributed by atoms with Gasteiger partial charge in [0.2, 0.25) is 0 Å². The molecule has 1 aromatic heterocycles. The third-order valence-corrected chi connectivity index (χ3v) is 1.57. The number of hydrogen-bond donors (Lipinski definition) is 0. The minimum Gasteiger partial charge on any atom is -0.247 e. The van der Waals surface area contributed by atoms with E-state index in [0.29, 0.717) is 0 Å². The molecule has 0 aliphatic rings. The van der Waals surface area contributed by atoms with Crippen molar-refractivity contribution in [3.63, 3.8) is 0 Å². The number of carbonyl (C=O) groups is 1. The number of alkyl halides is 2. The van der Waals surface area contributed by atoms with Crippen LogP contribution in [0, 0.1) is 0 Å². The third kappa shape index (κ3) is 1.95. The maximum atomic E-state index is 12.9. The van der Waals surface area contributed by atoms with Crippen LogP contribution in [0.25, 0.3) is 0 Å². The highest BCUT2D eigenvalue weighted by Gasteiger charge is 2.45. The Balaban J connectivity index is 3.09. The Morgan fingerprint density at radius 3 is 2.64 bits per heavy atom. The van der Waals surface area contributed by atoms with Crippen LogP contribution < -0.4 is 0 Å². The zero-order valence-electron chi connectivity index (χ0n) is 6.51. The van der Waals surface area contributed by atoms with Gasteiger partial charge in [0.05, 0.1) is 0 Å². The molecule has 0 unspecified atom stereocenters. The summed E-state index contributed by atoms with van der Waals surface area (Å²) in [4.78, 5) is 15.9.